The second-order valence-electron chi connectivity index (χ2n) is 11.5. The molecule has 0 saturated carbocycles. The van der Waals surface area contributed by atoms with Gasteiger partial charge in [0, 0.05) is 13.2 Å². The normalized spacial score (nSPS) is 15.8. The zero-order chi connectivity index (χ0) is 33.6. The highest BCUT2D eigenvalue weighted by Crippen LogP contribution is 2.26. The molecule has 3 atom stereocenters. The molecule has 0 unspecified atom stereocenters. The highest BCUT2D eigenvalue weighted by molar-refractivity contribution is 7.85. The molecule has 0 aromatic heterocycles. The molecule has 1 aliphatic heterocycles. The number of nitrogens with one attached hydrogen (secondary N) is 2. The number of hydroxylamine groups is 1. The molecule has 1 heterocycles. The molecule has 248 valence electrons. The van der Waals surface area contributed by atoms with Crippen molar-refractivity contribution >= 4 is 33.9 Å². The summed E-state index contributed by atoms with van der Waals surface area (Å²) in [7, 11) is -4.02. The Balaban J connectivity index is 0.000000537. The van der Waals surface area contributed by atoms with Crippen LogP contribution in [0.4, 0.5) is 0 Å². The molecule has 3 rings (SSSR count). The Bertz CT molecular complexity index is 1360. The summed E-state index contributed by atoms with van der Waals surface area (Å²) in [5.41, 5.74) is 12.2. The van der Waals surface area contributed by atoms with Crippen LogP contribution in [-0.2, 0) is 29.2 Å². The Hall–Kier alpha value is -3.62. The first-order valence-corrected chi connectivity index (χ1v) is 16.3. The van der Waals surface area contributed by atoms with Crippen molar-refractivity contribution in [3.8, 4) is 0 Å². The number of hydrazine groups is 1. The number of ether oxygens (including phenoxy) is 1. The van der Waals surface area contributed by atoms with Gasteiger partial charge in [-0.25, -0.2) is 10.5 Å². The van der Waals surface area contributed by atoms with Gasteiger partial charge in [0.25, 0.3) is 16.0 Å². The Morgan fingerprint density at radius 2 is 1.60 bits per heavy atom. The van der Waals surface area contributed by atoms with Crippen molar-refractivity contribution in [3.63, 3.8) is 0 Å². The van der Waals surface area contributed by atoms with Crippen LogP contribution in [0.25, 0.3) is 6.08 Å². The third kappa shape index (κ3) is 12.7. The molecule has 6 N–H and O–H groups in total. The number of hydrogen-bond donors (Lipinski definition) is 5. The topological polar surface area (TPSA) is 188 Å². The number of benzene rings is 2. The second-order valence-corrected chi connectivity index (χ2v) is 12.9. The zero-order valence-corrected chi connectivity index (χ0v) is 27.1. The number of rotatable bonds is 11. The van der Waals surface area contributed by atoms with Gasteiger partial charge in [0.05, 0.1) is 28.8 Å². The van der Waals surface area contributed by atoms with Gasteiger partial charge in [0.1, 0.15) is 0 Å². The van der Waals surface area contributed by atoms with Crippen molar-refractivity contribution < 1.29 is 37.3 Å². The van der Waals surface area contributed by atoms with Gasteiger partial charge in [-0.05, 0) is 63.1 Å². The smallest absolute Gasteiger partial charge is 0.294 e. The summed E-state index contributed by atoms with van der Waals surface area (Å²) >= 11 is 0. The molecule has 1 aliphatic rings. The predicted octanol–water partition coefficient (Wildman–Crippen LogP) is 3.50. The standard InChI is InChI=1S/C25H38N4O5.C7H8O3S/c1-17(2)16-22(21(24(31)28-33)11-7-10-19-8-5-4-6-9-19)23(30)27-29(25(32)18(3)26)20-12-14-34-15-13-20;1-6-2-4-7(5-3-6)11(8,9)10/h4-10,17-18,20-22,33H,11-16,26H2,1-3H3,(H,27,30)(H,28,31);2-5H,1H3,(H,8,9,10)/t18-,21+,22-;/m1./s1. The quantitative estimate of drug-likeness (QED) is 0.138. The van der Waals surface area contributed by atoms with E-state index >= 15 is 0 Å². The summed E-state index contributed by atoms with van der Waals surface area (Å²) < 4.78 is 34.9. The molecule has 13 heteroatoms. The van der Waals surface area contributed by atoms with E-state index in [0.717, 1.165) is 11.1 Å². The van der Waals surface area contributed by atoms with Crippen LogP contribution in [0, 0.1) is 24.7 Å². The Morgan fingerprint density at radius 1 is 1.00 bits per heavy atom. The monoisotopic (exact) mass is 646 g/mol. The Morgan fingerprint density at radius 3 is 2.11 bits per heavy atom. The van der Waals surface area contributed by atoms with Crippen molar-refractivity contribution in [3.05, 3.63) is 71.8 Å². The van der Waals surface area contributed by atoms with Crippen molar-refractivity contribution in [2.75, 3.05) is 13.2 Å². The van der Waals surface area contributed by atoms with Crippen LogP contribution in [-0.4, -0.2) is 66.2 Å². The van der Waals surface area contributed by atoms with E-state index < -0.39 is 45.7 Å². The van der Waals surface area contributed by atoms with Gasteiger partial charge < -0.3 is 10.5 Å². The minimum Gasteiger partial charge on any atom is -0.381 e. The maximum atomic E-state index is 13.5. The van der Waals surface area contributed by atoms with Gasteiger partial charge in [0.15, 0.2) is 0 Å². The first kappa shape index (κ1) is 37.6. The van der Waals surface area contributed by atoms with Crippen LogP contribution in [0.15, 0.2) is 65.6 Å². The maximum Gasteiger partial charge on any atom is 0.294 e. The van der Waals surface area contributed by atoms with E-state index in [0.29, 0.717) is 32.5 Å². The number of nitrogens with two attached hydrogens (primary N) is 1. The highest BCUT2D eigenvalue weighted by atomic mass is 32.2. The molecule has 0 bridgehead atoms. The van der Waals surface area contributed by atoms with Crippen molar-refractivity contribution in [1.82, 2.24) is 15.9 Å². The van der Waals surface area contributed by atoms with E-state index in [-0.39, 0.29) is 23.3 Å². The van der Waals surface area contributed by atoms with Crippen molar-refractivity contribution in [2.24, 2.45) is 23.5 Å². The number of hydrogen-bond acceptors (Lipinski definition) is 8. The summed E-state index contributed by atoms with van der Waals surface area (Å²) in [6.45, 7) is 8.29. The van der Waals surface area contributed by atoms with Gasteiger partial charge in [-0.3, -0.25) is 29.6 Å². The van der Waals surface area contributed by atoms with Crippen LogP contribution >= 0.6 is 0 Å². The average Bonchev–Trinajstić information content (AvgIpc) is 3.01. The Labute approximate surface area is 265 Å². The molecule has 45 heavy (non-hydrogen) atoms. The fourth-order valence-electron chi connectivity index (χ4n) is 4.81. The van der Waals surface area contributed by atoms with Gasteiger partial charge in [-0.15, -0.1) is 0 Å². The Kier molecular flexibility index (Phi) is 15.3. The second kappa shape index (κ2) is 18.4. The lowest BCUT2D eigenvalue weighted by molar-refractivity contribution is -0.151. The molecule has 1 saturated heterocycles. The van der Waals surface area contributed by atoms with Crippen molar-refractivity contribution in [1.29, 1.82) is 0 Å². The molecule has 3 amide bonds. The SMILES string of the molecule is CC(C)C[C@@H](C(=O)NN(C(=O)[C@@H](C)N)C1CCOCC1)[C@H](CC=Cc1ccccc1)C(=O)NO.Cc1ccc(S(=O)(=O)O)cc1. The lowest BCUT2D eigenvalue weighted by Gasteiger charge is -2.37. The van der Waals surface area contributed by atoms with E-state index in [1.807, 2.05) is 63.3 Å². The molecule has 2 aromatic carbocycles. The summed E-state index contributed by atoms with van der Waals surface area (Å²) in [6.07, 6.45) is 5.48. The molecule has 12 nitrogen and oxygen atoms in total. The van der Waals surface area contributed by atoms with E-state index in [9.17, 15) is 28.0 Å². The minimum atomic E-state index is -4.02. The summed E-state index contributed by atoms with van der Waals surface area (Å²) in [6, 6.07) is 14.6. The predicted molar refractivity (Wildman–Crippen MR) is 170 cm³/mol. The molecule has 2 aromatic rings. The highest BCUT2D eigenvalue weighted by Gasteiger charge is 2.37. The van der Waals surface area contributed by atoms with Crippen LogP contribution in [0.1, 0.15) is 57.6 Å². The van der Waals surface area contributed by atoms with Crippen LogP contribution < -0.4 is 16.6 Å². The fourth-order valence-corrected chi connectivity index (χ4v) is 5.29. The third-order valence-electron chi connectivity index (χ3n) is 7.23. The lowest BCUT2D eigenvalue weighted by Crippen LogP contribution is -2.59. The minimum absolute atomic E-state index is 0.0666. The largest absolute Gasteiger partial charge is 0.381 e. The van der Waals surface area contributed by atoms with Gasteiger partial charge in [-0.1, -0.05) is 74.0 Å². The van der Waals surface area contributed by atoms with Gasteiger partial charge in [-0.2, -0.15) is 8.42 Å². The molecule has 0 radical (unpaired) electrons. The summed E-state index contributed by atoms with van der Waals surface area (Å²) in [5.74, 6) is -2.98. The molecule has 0 spiro atoms. The fraction of sp³-hybridized carbons (Fsp3) is 0.469. The van der Waals surface area contributed by atoms with E-state index in [1.165, 1.54) is 17.1 Å². The van der Waals surface area contributed by atoms with Crippen LogP contribution in [0.5, 0.6) is 0 Å². The molecular weight excluding hydrogens is 600 g/mol. The molecule has 1 fully saturated rings. The third-order valence-corrected chi connectivity index (χ3v) is 8.09. The first-order chi connectivity index (χ1) is 21.2. The number of carbonyl (C=O) groups excluding carboxylic acids is 3. The van der Waals surface area contributed by atoms with Crippen molar-refractivity contribution in [2.45, 2.75) is 70.4 Å². The van der Waals surface area contributed by atoms with E-state index in [4.69, 9.17) is 15.0 Å². The molecular formula is C32H46N4O8S. The number of allylic oxidation sites excluding steroid dienone is 1. The molecule has 0 aliphatic carbocycles. The summed E-state index contributed by atoms with van der Waals surface area (Å²) in [5, 5.41) is 10.7. The maximum absolute atomic E-state index is 13.5. The van der Waals surface area contributed by atoms with E-state index in [1.54, 1.807) is 24.5 Å². The van der Waals surface area contributed by atoms with E-state index in [2.05, 4.69) is 5.43 Å². The number of nitrogens with zero attached hydrogens (tertiary/aromatic N) is 1. The number of amides is 3. The number of aryl methyl sites for hydroxylation is 1. The average molecular weight is 647 g/mol. The lowest BCUT2D eigenvalue weighted by atomic mass is 9.82. The first-order valence-electron chi connectivity index (χ1n) is 14.9. The van der Waals surface area contributed by atoms with Gasteiger partial charge in [0.2, 0.25) is 11.8 Å². The van der Waals surface area contributed by atoms with Crippen LogP contribution in [0.2, 0.25) is 0 Å². The zero-order valence-electron chi connectivity index (χ0n) is 26.3. The number of carbonyl (C=O) groups is 3. The van der Waals surface area contributed by atoms with Gasteiger partial charge >= 0.3 is 0 Å². The van der Waals surface area contributed by atoms with Crippen LogP contribution in [0.3, 0.4) is 0 Å². The summed E-state index contributed by atoms with van der Waals surface area (Å²) in [4.78, 5) is 38.9.